The van der Waals surface area contributed by atoms with Crippen molar-refractivity contribution in [2.75, 3.05) is 13.2 Å². The monoisotopic (exact) mass is 546 g/mol. The van der Waals surface area contributed by atoms with Crippen LogP contribution in [0.1, 0.15) is 35.4 Å². The number of carboxylic acid groups (broad SMARTS) is 1. The lowest BCUT2D eigenvalue weighted by Crippen LogP contribution is -2.49. The molecule has 0 heterocycles. The summed E-state index contributed by atoms with van der Waals surface area (Å²) in [5, 5.41) is 23.4. The number of rotatable bonds is 12. The summed E-state index contributed by atoms with van der Waals surface area (Å²) in [6, 6.07) is 23.3. The minimum absolute atomic E-state index is 0.00395. The number of carbonyl (C=O) groups excluding carboxylic acids is 3. The normalized spacial score (nSPS) is 13.3. The Morgan fingerprint density at radius 3 is 2.02 bits per heavy atom. The third-order valence-electron chi connectivity index (χ3n) is 6.49. The summed E-state index contributed by atoms with van der Waals surface area (Å²) in [5.41, 5.74) is 4.90. The molecule has 2 amide bonds. The Morgan fingerprint density at radius 1 is 0.800 bits per heavy atom. The Balaban J connectivity index is 1.38. The van der Waals surface area contributed by atoms with Crippen molar-refractivity contribution in [3.05, 3.63) is 95.6 Å². The quantitative estimate of drug-likeness (QED) is 0.253. The standard InChI is InChI=1S/C30H30N2O8/c33-20(14-27(34)35)16-31-29(37)26(15-28(36)39-17-19-8-2-1-3-9-19)32-30(38)40-18-25-23-12-6-4-10-21(23)22-11-5-7-13-24(22)25/h1-13,20,25-26,33H,14-18H2,(H,31,37)(H,32,38)(H,34,35)/t20?,26-/m0/s1. The smallest absolute Gasteiger partial charge is 0.407 e. The number of esters is 1. The number of alkyl carbamates (subject to hydrolysis) is 1. The molecule has 10 heteroatoms. The lowest BCUT2D eigenvalue weighted by Gasteiger charge is -2.20. The molecule has 4 N–H and O–H groups in total. The molecular formula is C30H30N2O8. The van der Waals surface area contributed by atoms with E-state index in [9.17, 15) is 24.3 Å². The van der Waals surface area contributed by atoms with Crippen LogP contribution < -0.4 is 10.6 Å². The summed E-state index contributed by atoms with van der Waals surface area (Å²) in [5.74, 6) is -2.98. The van der Waals surface area contributed by atoms with E-state index >= 15 is 0 Å². The maximum absolute atomic E-state index is 12.8. The maximum atomic E-state index is 12.8. The number of benzene rings is 3. The van der Waals surface area contributed by atoms with Crippen LogP contribution in [-0.4, -0.2) is 59.4 Å². The molecular weight excluding hydrogens is 516 g/mol. The minimum Gasteiger partial charge on any atom is -0.481 e. The van der Waals surface area contributed by atoms with Crippen LogP contribution in [0.5, 0.6) is 0 Å². The van der Waals surface area contributed by atoms with Gasteiger partial charge in [0.2, 0.25) is 5.91 Å². The van der Waals surface area contributed by atoms with Gasteiger partial charge in [-0.1, -0.05) is 78.9 Å². The number of aliphatic carboxylic acids is 1. The molecule has 40 heavy (non-hydrogen) atoms. The molecule has 0 saturated carbocycles. The van der Waals surface area contributed by atoms with E-state index in [0.29, 0.717) is 0 Å². The molecule has 1 unspecified atom stereocenters. The SMILES string of the molecule is O=C(O)CC(O)CNC(=O)[C@H](CC(=O)OCc1ccccc1)NC(=O)OCC1c2ccccc2-c2ccccc21. The van der Waals surface area contributed by atoms with Crippen molar-refractivity contribution in [3.63, 3.8) is 0 Å². The van der Waals surface area contributed by atoms with Gasteiger partial charge in [0.1, 0.15) is 19.3 Å². The molecule has 3 aromatic carbocycles. The molecule has 0 saturated heterocycles. The van der Waals surface area contributed by atoms with Crippen LogP contribution in [0.2, 0.25) is 0 Å². The summed E-state index contributed by atoms with van der Waals surface area (Å²) in [6.07, 6.45) is -3.34. The highest BCUT2D eigenvalue weighted by Crippen LogP contribution is 2.44. The van der Waals surface area contributed by atoms with Gasteiger partial charge in [0.15, 0.2) is 0 Å². The third-order valence-corrected chi connectivity index (χ3v) is 6.49. The second kappa shape index (κ2) is 13.4. The van der Waals surface area contributed by atoms with Gasteiger partial charge in [0, 0.05) is 12.5 Å². The van der Waals surface area contributed by atoms with Crippen molar-refractivity contribution in [2.24, 2.45) is 0 Å². The van der Waals surface area contributed by atoms with E-state index < -0.39 is 48.9 Å². The van der Waals surface area contributed by atoms with Gasteiger partial charge in [-0.25, -0.2) is 4.79 Å². The second-order valence-corrected chi connectivity index (χ2v) is 9.37. The summed E-state index contributed by atoms with van der Waals surface area (Å²) in [4.78, 5) is 48.9. The number of amides is 2. The maximum Gasteiger partial charge on any atom is 0.407 e. The van der Waals surface area contributed by atoms with Gasteiger partial charge in [-0.15, -0.1) is 0 Å². The number of aliphatic hydroxyl groups is 1. The first-order chi connectivity index (χ1) is 19.3. The Labute approximate surface area is 230 Å². The number of hydrogen-bond donors (Lipinski definition) is 4. The number of nitrogens with one attached hydrogen (secondary N) is 2. The van der Waals surface area contributed by atoms with Crippen LogP contribution in [0.25, 0.3) is 11.1 Å². The van der Waals surface area contributed by atoms with Gasteiger partial charge in [0.05, 0.1) is 18.9 Å². The van der Waals surface area contributed by atoms with Gasteiger partial charge in [-0.3, -0.25) is 14.4 Å². The minimum atomic E-state index is -1.38. The summed E-state index contributed by atoms with van der Waals surface area (Å²) in [7, 11) is 0. The Hall–Kier alpha value is -4.70. The highest BCUT2D eigenvalue weighted by atomic mass is 16.5. The third kappa shape index (κ3) is 7.45. The zero-order chi connectivity index (χ0) is 28.5. The predicted octanol–water partition coefficient (Wildman–Crippen LogP) is 2.98. The average Bonchev–Trinajstić information content (AvgIpc) is 3.27. The number of carbonyl (C=O) groups is 4. The van der Waals surface area contributed by atoms with Gasteiger partial charge < -0.3 is 30.3 Å². The predicted molar refractivity (Wildman–Crippen MR) is 144 cm³/mol. The van der Waals surface area contributed by atoms with E-state index in [1.165, 1.54) is 0 Å². The fraction of sp³-hybridized carbons (Fsp3) is 0.267. The van der Waals surface area contributed by atoms with Crippen LogP contribution in [0.3, 0.4) is 0 Å². The Morgan fingerprint density at radius 2 is 1.40 bits per heavy atom. The molecule has 208 valence electrons. The first kappa shape index (κ1) is 28.3. The van der Waals surface area contributed by atoms with Gasteiger partial charge in [-0.2, -0.15) is 0 Å². The zero-order valence-corrected chi connectivity index (χ0v) is 21.6. The van der Waals surface area contributed by atoms with Crippen molar-refractivity contribution < 1.29 is 38.9 Å². The molecule has 0 spiro atoms. The molecule has 0 radical (unpaired) electrons. The van der Waals surface area contributed by atoms with Gasteiger partial charge >= 0.3 is 18.0 Å². The second-order valence-electron chi connectivity index (χ2n) is 9.37. The first-order valence-electron chi connectivity index (χ1n) is 12.8. The van der Waals surface area contributed by atoms with Crippen molar-refractivity contribution in [1.29, 1.82) is 0 Å². The summed E-state index contributed by atoms with van der Waals surface area (Å²) < 4.78 is 10.7. The van der Waals surface area contributed by atoms with Crippen molar-refractivity contribution in [3.8, 4) is 11.1 Å². The molecule has 2 atom stereocenters. The zero-order valence-electron chi connectivity index (χ0n) is 21.6. The van der Waals surface area contributed by atoms with E-state index in [1.807, 2.05) is 54.6 Å². The van der Waals surface area contributed by atoms with Crippen LogP contribution in [0.4, 0.5) is 4.79 Å². The first-order valence-corrected chi connectivity index (χ1v) is 12.8. The molecule has 3 aromatic rings. The molecule has 0 aromatic heterocycles. The molecule has 1 aliphatic carbocycles. The number of ether oxygens (including phenoxy) is 2. The van der Waals surface area contributed by atoms with Gasteiger partial charge in [0.25, 0.3) is 0 Å². The van der Waals surface area contributed by atoms with Crippen LogP contribution in [0, 0.1) is 0 Å². The van der Waals surface area contributed by atoms with Crippen LogP contribution in [-0.2, 0) is 30.5 Å². The Kier molecular flexibility index (Phi) is 9.48. The van der Waals surface area contributed by atoms with E-state index in [4.69, 9.17) is 14.6 Å². The van der Waals surface area contributed by atoms with Crippen molar-refractivity contribution >= 4 is 23.9 Å². The van der Waals surface area contributed by atoms with E-state index in [2.05, 4.69) is 10.6 Å². The van der Waals surface area contributed by atoms with Crippen molar-refractivity contribution in [2.45, 2.75) is 37.5 Å². The van der Waals surface area contributed by atoms with E-state index in [0.717, 1.165) is 27.8 Å². The van der Waals surface area contributed by atoms with E-state index in [1.54, 1.807) is 24.3 Å². The van der Waals surface area contributed by atoms with Crippen molar-refractivity contribution in [1.82, 2.24) is 10.6 Å². The molecule has 10 nitrogen and oxygen atoms in total. The topological polar surface area (TPSA) is 151 Å². The van der Waals surface area contributed by atoms with Gasteiger partial charge in [-0.05, 0) is 27.8 Å². The highest BCUT2D eigenvalue weighted by Gasteiger charge is 2.30. The lowest BCUT2D eigenvalue weighted by molar-refractivity contribution is -0.147. The number of carboxylic acids is 1. The molecule has 4 rings (SSSR count). The molecule has 0 bridgehead atoms. The number of fused-ring (bicyclic) bond motifs is 3. The summed E-state index contributed by atoms with van der Waals surface area (Å²) >= 11 is 0. The van der Waals surface area contributed by atoms with Crippen LogP contribution in [0.15, 0.2) is 78.9 Å². The number of hydrogen-bond acceptors (Lipinski definition) is 7. The largest absolute Gasteiger partial charge is 0.481 e. The summed E-state index contributed by atoms with van der Waals surface area (Å²) in [6.45, 7) is -0.396. The average molecular weight is 547 g/mol. The fourth-order valence-corrected chi connectivity index (χ4v) is 4.57. The molecule has 1 aliphatic rings. The highest BCUT2D eigenvalue weighted by molar-refractivity contribution is 5.89. The molecule has 0 fully saturated rings. The lowest BCUT2D eigenvalue weighted by atomic mass is 9.98. The van der Waals surface area contributed by atoms with Crippen LogP contribution >= 0.6 is 0 Å². The Bertz CT molecular complexity index is 1320. The number of aliphatic hydroxyl groups excluding tert-OH is 1. The molecule has 0 aliphatic heterocycles. The van der Waals surface area contributed by atoms with E-state index in [-0.39, 0.29) is 25.7 Å². The fourth-order valence-electron chi connectivity index (χ4n) is 4.57.